The van der Waals surface area contributed by atoms with Gasteiger partial charge in [0, 0.05) is 24.1 Å². The molecular weight excluding hydrogens is 250 g/mol. The minimum Gasteiger partial charge on any atom is -0.383 e. The van der Waals surface area contributed by atoms with Crippen LogP contribution in [0, 0.1) is 0 Å². The van der Waals surface area contributed by atoms with Crippen molar-refractivity contribution in [1.29, 1.82) is 0 Å². The molecule has 1 aromatic rings. The molecule has 0 aromatic heterocycles. The molecule has 0 aliphatic heterocycles. The minimum absolute atomic E-state index is 0.370. The second kappa shape index (κ2) is 6.07. The molecule has 0 saturated heterocycles. The standard InChI is InChI=1S/C13H18ClN3O/c1-18-6-5-16-13(15)17-12-8-11(12)9-3-2-4-10(14)7-9/h2-4,7,11-12H,5-6,8H2,1H3,(H3,15,16,17). The van der Waals surface area contributed by atoms with E-state index in [2.05, 4.69) is 16.4 Å². The van der Waals surface area contributed by atoms with Crippen molar-refractivity contribution >= 4 is 17.6 Å². The molecule has 0 amide bonds. The lowest BCUT2D eigenvalue weighted by Gasteiger charge is -2.05. The van der Waals surface area contributed by atoms with Gasteiger partial charge in [-0.2, -0.15) is 0 Å². The van der Waals surface area contributed by atoms with Crippen molar-refractivity contribution in [2.24, 2.45) is 10.7 Å². The lowest BCUT2D eigenvalue weighted by Crippen LogP contribution is -2.34. The van der Waals surface area contributed by atoms with E-state index in [0.717, 1.165) is 11.4 Å². The normalized spacial score (nSPS) is 22.9. The number of nitrogens with zero attached hydrogens (tertiary/aromatic N) is 1. The first-order valence-corrected chi connectivity index (χ1v) is 6.39. The van der Waals surface area contributed by atoms with E-state index in [9.17, 15) is 0 Å². The zero-order valence-electron chi connectivity index (χ0n) is 10.4. The molecule has 0 heterocycles. The highest BCUT2D eigenvalue weighted by atomic mass is 35.5. The van der Waals surface area contributed by atoms with Crippen LogP contribution in [-0.4, -0.2) is 32.3 Å². The van der Waals surface area contributed by atoms with Crippen LogP contribution in [0.4, 0.5) is 0 Å². The van der Waals surface area contributed by atoms with Gasteiger partial charge in [-0.1, -0.05) is 23.7 Å². The number of halogens is 1. The molecule has 1 aliphatic rings. The fourth-order valence-corrected chi connectivity index (χ4v) is 2.15. The number of hydrogen-bond acceptors (Lipinski definition) is 2. The molecule has 2 rings (SSSR count). The maximum Gasteiger partial charge on any atom is 0.188 e. The molecule has 5 heteroatoms. The molecule has 3 N–H and O–H groups in total. The number of rotatable bonds is 5. The fraction of sp³-hybridized carbons (Fsp3) is 0.462. The van der Waals surface area contributed by atoms with Crippen LogP contribution in [0.15, 0.2) is 29.3 Å². The van der Waals surface area contributed by atoms with E-state index in [4.69, 9.17) is 22.1 Å². The van der Waals surface area contributed by atoms with Crippen LogP contribution in [0.5, 0.6) is 0 Å². The molecule has 4 nitrogen and oxygen atoms in total. The first kappa shape index (κ1) is 13.2. The number of methoxy groups -OCH3 is 1. The van der Waals surface area contributed by atoms with Crippen LogP contribution in [0.25, 0.3) is 0 Å². The number of aliphatic imine (C=N–C) groups is 1. The third-order valence-corrected chi connectivity index (χ3v) is 3.21. The van der Waals surface area contributed by atoms with Gasteiger partial charge in [0.15, 0.2) is 5.96 Å². The highest BCUT2D eigenvalue weighted by molar-refractivity contribution is 6.30. The van der Waals surface area contributed by atoms with Crippen LogP contribution in [0.3, 0.4) is 0 Å². The molecule has 1 saturated carbocycles. The maximum atomic E-state index is 5.97. The van der Waals surface area contributed by atoms with Gasteiger partial charge in [0.05, 0.1) is 13.2 Å². The fourth-order valence-electron chi connectivity index (χ4n) is 1.95. The van der Waals surface area contributed by atoms with Crippen molar-refractivity contribution in [2.75, 3.05) is 20.3 Å². The van der Waals surface area contributed by atoms with Crippen molar-refractivity contribution in [2.45, 2.75) is 18.4 Å². The minimum atomic E-state index is 0.370. The highest BCUT2D eigenvalue weighted by Gasteiger charge is 2.38. The van der Waals surface area contributed by atoms with Gasteiger partial charge in [-0.15, -0.1) is 0 Å². The molecule has 18 heavy (non-hydrogen) atoms. The number of nitrogens with one attached hydrogen (secondary N) is 1. The number of ether oxygens (including phenoxy) is 1. The van der Waals surface area contributed by atoms with Crippen molar-refractivity contribution in [3.05, 3.63) is 34.9 Å². The Labute approximate surface area is 112 Å². The summed E-state index contributed by atoms with van der Waals surface area (Å²) in [6, 6.07) is 8.33. The summed E-state index contributed by atoms with van der Waals surface area (Å²) in [5.74, 6) is 0.974. The van der Waals surface area contributed by atoms with E-state index in [1.165, 1.54) is 5.56 Å². The first-order chi connectivity index (χ1) is 8.70. The zero-order valence-corrected chi connectivity index (χ0v) is 11.2. The van der Waals surface area contributed by atoms with Gasteiger partial charge < -0.3 is 15.8 Å². The summed E-state index contributed by atoms with van der Waals surface area (Å²) in [4.78, 5) is 4.17. The van der Waals surface area contributed by atoms with Crippen molar-refractivity contribution < 1.29 is 4.74 Å². The van der Waals surface area contributed by atoms with Crippen LogP contribution in [-0.2, 0) is 4.74 Å². The van der Waals surface area contributed by atoms with Crippen LogP contribution >= 0.6 is 11.6 Å². The van der Waals surface area contributed by atoms with E-state index < -0.39 is 0 Å². The lowest BCUT2D eigenvalue weighted by molar-refractivity contribution is 0.208. The van der Waals surface area contributed by atoms with Crippen molar-refractivity contribution in [1.82, 2.24) is 5.32 Å². The quantitative estimate of drug-likeness (QED) is 0.485. The summed E-state index contributed by atoms with van der Waals surface area (Å²) < 4.78 is 4.91. The Morgan fingerprint density at radius 1 is 1.61 bits per heavy atom. The Morgan fingerprint density at radius 2 is 2.44 bits per heavy atom. The van der Waals surface area contributed by atoms with E-state index >= 15 is 0 Å². The molecule has 1 aromatic carbocycles. The monoisotopic (exact) mass is 267 g/mol. The van der Waals surface area contributed by atoms with Gasteiger partial charge in [0.2, 0.25) is 0 Å². The average molecular weight is 268 g/mol. The topological polar surface area (TPSA) is 59.6 Å². The average Bonchev–Trinajstić information content (AvgIpc) is 3.08. The molecular formula is C13H18ClN3O. The highest BCUT2D eigenvalue weighted by Crippen LogP contribution is 2.41. The second-order valence-corrected chi connectivity index (χ2v) is 4.84. The molecule has 98 valence electrons. The van der Waals surface area contributed by atoms with Crippen molar-refractivity contribution in [3.8, 4) is 0 Å². The molecule has 2 atom stereocenters. The lowest BCUT2D eigenvalue weighted by atomic mass is 10.1. The number of hydrogen-bond donors (Lipinski definition) is 2. The Morgan fingerprint density at radius 3 is 3.17 bits per heavy atom. The Bertz CT molecular complexity index is 436. The van der Waals surface area contributed by atoms with Gasteiger partial charge in [0.1, 0.15) is 0 Å². The van der Waals surface area contributed by atoms with Gasteiger partial charge >= 0.3 is 0 Å². The molecule has 1 fully saturated rings. The van der Waals surface area contributed by atoms with Gasteiger partial charge in [-0.25, -0.2) is 0 Å². The number of nitrogens with two attached hydrogens (primary N) is 1. The zero-order chi connectivity index (χ0) is 13.0. The molecule has 0 spiro atoms. The summed E-state index contributed by atoms with van der Waals surface area (Å²) in [5, 5.41) is 3.99. The first-order valence-electron chi connectivity index (χ1n) is 6.01. The molecule has 0 bridgehead atoms. The van der Waals surface area contributed by atoms with E-state index in [0.29, 0.717) is 31.1 Å². The largest absolute Gasteiger partial charge is 0.383 e. The smallest absolute Gasteiger partial charge is 0.188 e. The Balaban J connectivity index is 1.83. The van der Waals surface area contributed by atoms with E-state index in [-0.39, 0.29) is 0 Å². The summed E-state index contributed by atoms with van der Waals surface area (Å²) >= 11 is 5.97. The summed E-state index contributed by atoms with van der Waals surface area (Å²) in [6.07, 6.45) is 1.07. The summed E-state index contributed by atoms with van der Waals surface area (Å²) in [5.41, 5.74) is 7.04. The predicted molar refractivity (Wildman–Crippen MR) is 74.1 cm³/mol. The maximum absolute atomic E-state index is 5.97. The molecule has 2 unspecified atom stereocenters. The third-order valence-electron chi connectivity index (χ3n) is 2.98. The number of guanidine groups is 1. The second-order valence-electron chi connectivity index (χ2n) is 4.41. The molecule has 0 radical (unpaired) electrons. The third kappa shape index (κ3) is 3.62. The SMILES string of the molecule is COCCN=C(N)NC1CC1c1cccc(Cl)c1. The Hall–Kier alpha value is -1.26. The number of benzene rings is 1. The van der Waals surface area contributed by atoms with Crippen LogP contribution in [0.2, 0.25) is 5.02 Å². The van der Waals surface area contributed by atoms with Crippen LogP contribution < -0.4 is 11.1 Å². The van der Waals surface area contributed by atoms with Gasteiger partial charge in [0.25, 0.3) is 0 Å². The van der Waals surface area contributed by atoms with Gasteiger partial charge in [-0.3, -0.25) is 4.99 Å². The van der Waals surface area contributed by atoms with Crippen molar-refractivity contribution in [3.63, 3.8) is 0 Å². The Kier molecular flexibility index (Phi) is 4.44. The van der Waals surface area contributed by atoms with Crippen LogP contribution in [0.1, 0.15) is 17.9 Å². The van der Waals surface area contributed by atoms with Gasteiger partial charge in [-0.05, 0) is 24.1 Å². The summed E-state index contributed by atoms with van der Waals surface area (Å²) in [7, 11) is 1.65. The predicted octanol–water partition coefficient (Wildman–Crippen LogP) is 1.75. The van der Waals surface area contributed by atoms with E-state index in [1.807, 2.05) is 18.2 Å². The molecule has 1 aliphatic carbocycles. The summed E-state index contributed by atoms with van der Waals surface area (Å²) in [6.45, 7) is 1.18. The van der Waals surface area contributed by atoms with E-state index in [1.54, 1.807) is 7.11 Å².